The van der Waals surface area contributed by atoms with E-state index in [2.05, 4.69) is 10.2 Å². The van der Waals surface area contributed by atoms with Crippen molar-refractivity contribution in [2.75, 3.05) is 20.1 Å². The summed E-state index contributed by atoms with van der Waals surface area (Å²) in [6.45, 7) is 2.61. The van der Waals surface area contributed by atoms with E-state index in [1.54, 1.807) is 17.7 Å². The van der Waals surface area contributed by atoms with Gasteiger partial charge in [-0.1, -0.05) is 0 Å². The first kappa shape index (κ1) is 13.0. The summed E-state index contributed by atoms with van der Waals surface area (Å²) in [6, 6.07) is 2.06. The van der Waals surface area contributed by atoms with Crippen LogP contribution in [0.15, 0.2) is 15.7 Å². The molecule has 0 amide bonds. The first-order valence-electron chi connectivity index (χ1n) is 6.18. The topological polar surface area (TPSA) is 59.3 Å². The smallest absolute Gasteiger partial charge is 0.316 e. The Labute approximate surface area is 106 Å². The number of nitrogens with one attached hydrogen (secondary N) is 1. The molecule has 0 saturated carbocycles. The van der Waals surface area contributed by atoms with E-state index in [-0.39, 0.29) is 11.2 Å². The van der Waals surface area contributed by atoms with Crippen LogP contribution in [0.5, 0.6) is 0 Å². The van der Waals surface area contributed by atoms with Crippen LogP contribution in [0.4, 0.5) is 0 Å². The molecule has 0 radical (unpaired) electrons. The van der Waals surface area contributed by atoms with Gasteiger partial charge >= 0.3 is 5.69 Å². The molecule has 0 aromatic carbocycles. The summed E-state index contributed by atoms with van der Waals surface area (Å²) in [5.41, 5.74) is 0.277. The maximum absolute atomic E-state index is 11.8. The van der Waals surface area contributed by atoms with Crippen molar-refractivity contribution in [1.82, 2.24) is 19.4 Å². The van der Waals surface area contributed by atoms with Gasteiger partial charge in [0, 0.05) is 51.5 Å². The van der Waals surface area contributed by atoms with Crippen molar-refractivity contribution >= 4 is 0 Å². The Morgan fingerprint density at radius 2 is 2.06 bits per heavy atom. The summed E-state index contributed by atoms with van der Waals surface area (Å²) in [6.07, 6.45) is 1.11. The molecule has 1 aromatic rings. The summed E-state index contributed by atoms with van der Waals surface area (Å²) < 4.78 is 2.68. The van der Waals surface area contributed by atoms with E-state index in [4.69, 9.17) is 0 Å². The van der Waals surface area contributed by atoms with Crippen LogP contribution in [0.25, 0.3) is 0 Å². The molecule has 1 unspecified atom stereocenters. The molecular weight excluding hydrogens is 232 g/mol. The van der Waals surface area contributed by atoms with Crippen molar-refractivity contribution in [1.29, 1.82) is 0 Å². The molecule has 2 rings (SSSR count). The molecule has 0 spiro atoms. The van der Waals surface area contributed by atoms with Crippen molar-refractivity contribution in [3.05, 3.63) is 32.6 Å². The average molecular weight is 252 g/mol. The molecule has 2 heterocycles. The molecule has 100 valence electrons. The van der Waals surface area contributed by atoms with Crippen LogP contribution in [0.1, 0.15) is 12.1 Å². The molecule has 1 saturated heterocycles. The highest BCUT2D eigenvalue weighted by molar-refractivity contribution is 5.03. The Bertz CT molecular complexity index is 546. The minimum Gasteiger partial charge on any atom is -0.316 e. The Morgan fingerprint density at radius 1 is 1.33 bits per heavy atom. The summed E-state index contributed by atoms with van der Waals surface area (Å²) in [7, 11) is 5.17. The molecule has 1 aromatic heterocycles. The summed E-state index contributed by atoms with van der Waals surface area (Å²) in [5.74, 6) is 0. The van der Waals surface area contributed by atoms with Gasteiger partial charge in [-0.15, -0.1) is 0 Å². The molecule has 1 fully saturated rings. The molecule has 1 aliphatic rings. The van der Waals surface area contributed by atoms with Crippen LogP contribution in [-0.2, 0) is 20.6 Å². The molecule has 6 nitrogen and oxygen atoms in total. The zero-order valence-corrected chi connectivity index (χ0v) is 11.1. The number of likely N-dealkylation sites (N-methyl/N-ethyl adjacent to an activating group) is 1. The Morgan fingerprint density at radius 3 is 2.67 bits per heavy atom. The number of aromatic nitrogens is 2. The number of hydrogen-bond donors (Lipinski definition) is 1. The van der Waals surface area contributed by atoms with Crippen LogP contribution in [0.3, 0.4) is 0 Å². The van der Waals surface area contributed by atoms with Gasteiger partial charge in [0.25, 0.3) is 5.56 Å². The largest absolute Gasteiger partial charge is 0.330 e. The van der Waals surface area contributed by atoms with E-state index in [0.717, 1.165) is 29.8 Å². The molecule has 1 aliphatic heterocycles. The Hall–Kier alpha value is -1.40. The third-order valence-corrected chi connectivity index (χ3v) is 3.69. The van der Waals surface area contributed by atoms with Gasteiger partial charge in [-0.2, -0.15) is 0 Å². The molecule has 1 N–H and O–H groups in total. The number of nitrogens with zero attached hydrogens (tertiary/aromatic N) is 3. The Balaban J connectivity index is 2.21. The number of rotatable bonds is 3. The zero-order valence-electron chi connectivity index (χ0n) is 11.1. The lowest BCUT2D eigenvalue weighted by atomic mass is 10.3. The number of likely N-dealkylation sites (tertiary alicyclic amines) is 1. The molecule has 18 heavy (non-hydrogen) atoms. The van der Waals surface area contributed by atoms with Crippen LogP contribution in [0, 0.1) is 0 Å². The second-order valence-electron chi connectivity index (χ2n) is 4.88. The third-order valence-electron chi connectivity index (χ3n) is 3.69. The van der Waals surface area contributed by atoms with Gasteiger partial charge in [0.15, 0.2) is 0 Å². The Kier molecular flexibility index (Phi) is 3.68. The van der Waals surface area contributed by atoms with E-state index in [9.17, 15) is 9.59 Å². The van der Waals surface area contributed by atoms with Gasteiger partial charge in [0.05, 0.1) is 0 Å². The van der Waals surface area contributed by atoms with Gasteiger partial charge in [0.1, 0.15) is 0 Å². The zero-order chi connectivity index (χ0) is 13.3. The fraction of sp³-hybridized carbons (Fsp3) is 0.667. The lowest BCUT2D eigenvalue weighted by Crippen LogP contribution is -2.39. The fourth-order valence-corrected chi connectivity index (χ4v) is 2.37. The first-order valence-corrected chi connectivity index (χ1v) is 6.18. The lowest BCUT2D eigenvalue weighted by Gasteiger charge is -2.18. The predicted octanol–water partition coefficient (Wildman–Crippen LogP) is -1.12. The monoisotopic (exact) mass is 252 g/mol. The molecule has 0 bridgehead atoms. The van der Waals surface area contributed by atoms with Crippen LogP contribution < -0.4 is 16.6 Å². The van der Waals surface area contributed by atoms with E-state index >= 15 is 0 Å². The van der Waals surface area contributed by atoms with E-state index in [1.165, 1.54) is 7.05 Å². The van der Waals surface area contributed by atoms with Crippen molar-refractivity contribution in [2.24, 2.45) is 14.1 Å². The summed E-state index contributed by atoms with van der Waals surface area (Å²) in [5, 5.41) is 3.25. The second kappa shape index (κ2) is 5.07. The minimum atomic E-state index is -0.262. The average Bonchev–Trinajstić information content (AvgIpc) is 2.81. The van der Waals surface area contributed by atoms with Gasteiger partial charge < -0.3 is 5.32 Å². The number of hydrogen-bond acceptors (Lipinski definition) is 4. The quantitative estimate of drug-likeness (QED) is 0.740. The van der Waals surface area contributed by atoms with Crippen molar-refractivity contribution in [2.45, 2.75) is 19.0 Å². The molecular formula is C12H20N4O2. The van der Waals surface area contributed by atoms with E-state index in [1.807, 2.05) is 7.05 Å². The van der Waals surface area contributed by atoms with Crippen LogP contribution in [-0.4, -0.2) is 40.2 Å². The van der Waals surface area contributed by atoms with Gasteiger partial charge in [-0.05, 0) is 13.5 Å². The third kappa shape index (κ3) is 2.39. The van der Waals surface area contributed by atoms with Crippen molar-refractivity contribution in [3.8, 4) is 0 Å². The maximum atomic E-state index is 11.8. The van der Waals surface area contributed by atoms with E-state index in [0.29, 0.717) is 12.6 Å². The van der Waals surface area contributed by atoms with Crippen molar-refractivity contribution in [3.63, 3.8) is 0 Å². The second-order valence-corrected chi connectivity index (χ2v) is 4.88. The highest BCUT2D eigenvalue weighted by atomic mass is 16.2. The lowest BCUT2D eigenvalue weighted by molar-refractivity contribution is 0.312. The summed E-state index contributed by atoms with van der Waals surface area (Å²) >= 11 is 0. The van der Waals surface area contributed by atoms with Gasteiger partial charge in [-0.3, -0.25) is 18.8 Å². The van der Waals surface area contributed by atoms with Crippen molar-refractivity contribution < 1.29 is 0 Å². The SMILES string of the molecule is CNC1CCN(Cc2cc(=O)n(C)c(=O)n2C)C1. The first-order chi connectivity index (χ1) is 8.52. The molecule has 1 atom stereocenters. The highest BCUT2D eigenvalue weighted by Crippen LogP contribution is 2.11. The minimum absolute atomic E-state index is 0.238. The van der Waals surface area contributed by atoms with Crippen LogP contribution >= 0.6 is 0 Å². The maximum Gasteiger partial charge on any atom is 0.330 e. The molecule has 6 heteroatoms. The highest BCUT2D eigenvalue weighted by Gasteiger charge is 2.21. The predicted molar refractivity (Wildman–Crippen MR) is 69.7 cm³/mol. The summed E-state index contributed by atoms with van der Waals surface area (Å²) in [4.78, 5) is 25.7. The van der Waals surface area contributed by atoms with Gasteiger partial charge in [-0.25, -0.2) is 4.79 Å². The standard InChI is InChI=1S/C12H20N4O2/c1-13-9-4-5-16(7-9)8-10-6-11(17)15(3)12(18)14(10)2/h6,9,13H,4-5,7-8H2,1-3H3. The molecule has 0 aliphatic carbocycles. The normalized spacial score (nSPS) is 20.5. The van der Waals surface area contributed by atoms with Crippen LogP contribution in [0.2, 0.25) is 0 Å². The van der Waals surface area contributed by atoms with E-state index < -0.39 is 0 Å². The fourth-order valence-electron chi connectivity index (χ4n) is 2.37. The van der Waals surface area contributed by atoms with Gasteiger partial charge in [0.2, 0.25) is 0 Å².